The number of nitrogens with zero attached hydrogens (tertiary/aromatic N) is 4. The molecule has 0 bridgehead atoms. The van der Waals surface area contributed by atoms with Crippen LogP contribution in [0.3, 0.4) is 0 Å². The SMILES string of the molecule is O=C1OC2(CCN(C(=O)C3(c4ccc(-n5ccnn5)cc4F)CC3)C2)c2ccccc21. The molecule has 0 radical (unpaired) electrons. The van der Waals surface area contributed by atoms with Gasteiger partial charge in [-0.25, -0.2) is 13.9 Å². The van der Waals surface area contributed by atoms with Crippen LogP contribution in [-0.4, -0.2) is 44.9 Å². The zero-order chi connectivity index (χ0) is 21.2. The minimum absolute atomic E-state index is 0.0998. The number of esters is 1. The number of aromatic nitrogens is 3. The van der Waals surface area contributed by atoms with Crippen LogP contribution in [0.5, 0.6) is 0 Å². The Labute approximate surface area is 177 Å². The Morgan fingerprint density at radius 2 is 1.94 bits per heavy atom. The van der Waals surface area contributed by atoms with Crippen LogP contribution in [0.4, 0.5) is 4.39 Å². The van der Waals surface area contributed by atoms with E-state index in [1.54, 1.807) is 29.3 Å². The highest BCUT2D eigenvalue weighted by Crippen LogP contribution is 2.52. The van der Waals surface area contributed by atoms with Crippen LogP contribution >= 0.6 is 0 Å². The lowest BCUT2D eigenvalue weighted by molar-refractivity contribution is -0.134. The van der Waals surface area contributed by atoms with Crippen molar-refractivity contribution in [2.24, 2.45) is 0 Å². The highest BCUT2D eigenvalue weighted by molar-refractivity contribution is 5.96. The van der Waals surface area contributed by atoms with Crippen molar-refractivity contribution < 1.29 is 18.7 Å². The Kier molecular flexibility index (Phi) is 3.66. The van der Waals surface area contributed by atoms with E-state index in [1.165, 1.54) is 16.9 Å². The lowest BCUT2D eigenvalue weighted by Gasteiger charge is -2.27. The Morgan fingerprint density at radius 1 is 1.10 bits per heavy atom. The molecule has 2 aliphatic heterocycles. The predicted molar refractivity (Wildman–Crippen MR) is 107 cm³/mol. The number of hydrogen-bond acceptors (Lipinski definition) is 5. The standard InChI is InChI=1S/C23H19FN4O3/c24-19-13-15(28-12-10-25-26-28)5-6-18(19)22(7-8-22)21(30)27-11-9-23(14-27)17-4-2-1-3-16(17)20(29)31-23/h1-6,10,12-13H,7-9,11,14H2. The van der Waals surface area contributed by atoms with Gasteiger partial charge in [0.1, 0.15) is 5.82 Å². The number of likely N-dealkylation sites (tertiary alicyclic amines) is 1. The average molecular weight is 418 g/mol. The summed E-state index contributed by atoms with van der Waals surface area (Å²) in [7, 11) is 0. The number of carbonyl (C=O) groups is 2. The molecule has 1 aliphatic carbocycles. The number of amides is 1. The molecule has 3 heterocycles. The van der Waals surface area contributed by atoms with E-state index in [4.69, 9.17) is 4.74 Å². The van der Waals surface area contributed by atoms with E-state index in [9.17, 15) is 9.59 Å². The van der Waals surface area contributed by atoms with Crippen LogP contribution < -0.4 is 0 Å². The monoisotopic (exact) mass is 418 g/mol. The molecule has 7 nitrogen and oxygen atoms in total. The zero-order valence-electron chi connectivity index (χ0n) is 16.6. The second kappa shape index (κ2) is 6.23. The van der Waals surface area contributed by atoms with E-state index >= 15 is 4.39 Å². The molecular formula is C23H19FN4O3. The first-order valence-electron chi connectivity index (χ1n) is 10.3. The summed E-state index contributed by atoms with van der Waals surface area (Å²) in [6.07, 6.45) is 4.91. The van der Waals surface area contributed by atoms with E-state index in [1.807, 2.05) is 18.2 Å². The number of rotatable bonds is 3. The van der Waals surface area contributed by atoms with Crippen molar-refractivity contribution in [2.45, 2.75) is 30.3 Å². The molecule has 156 valence electrons. The van der Waals surface area contributed by atoms with Gasteiger partial charge in [-0.05, 0) is 31.0 Å². The molecule has 0 N–H and O–H groups in total. The van der Waals surface area contributed by atoms with Gasteiger partial charge in [0, 0.05) is 24.1 Å². The second-order valence-electron chi connectivity index (χ2n) is 8.50. The Balaban J connectivity index is 1.28. The van der Waals surface area contributed by atoms with Gasteiger partial charge in [-0.2, -0.15) is 0 Å². The summed E-state index contributed by atoms with van der Waals surface area (Å²) in [5.74, 6) is -0.872. The van der Waals surface area contributed by atoms with Crippen LogP contribution in [-0.2, 0) is 20.5 Å². The van der Waals surface area contributed by atoms with Gasteiger partial charge >= 0.3 is 5.97 Å². The molecule has 1 saturated heterocycles. The molecule has 6 rings (SSSR count). The highest BCUT2D eigenvalue weighted by Gasteiger charge is 2.58. The number of carbonyl (C=O) groups excluding carboxylic acids is 2. The summed E-state index contributed by atoms with van der Waals surface area (Å²) in [5, 5.41) is 7.62. The second-order valence-corrected chi connectivity index (χ2v) is 8.50. The van der Waals surface area contributed by atoms with Crippen molar-refractivity contribution in [1.82, 2.24) is 19.9 Å². The zero-order valence-corrected chi connectivity index (χ0v) is 16.6. The van der Waals surface area contributed by atoms with Gasteiger partial charge in [0.25, 0.3) is 0 Å². The smallest absolute Gasteiger partial charge is 0.339 e. The third kappa shape index (κ3) is 2.57. The van der Waals surface area contributed by atoms with E-state index in [2.05, 4.69) is 10.3 Å². The van der Waals surface area contributed by atoms with Crippen LogP contribution in [0, 0.1) is 5.82 Å². The maximum Gasteiger partial charge on any atom is 0.339 e. The van der Waals surface area contributed by atoms with Crippen molar-refractivity contribution >= 4 is 11.9 Å². The lowest BCUT2D eigenvalue weighted by Crippen LogP contribution is -2.40. The van der Waals surface area contributed by atoms with E-state index in [-0.39, 0.29) is 11.9 Å². The van der Waals surface area contributed by atoms with Crippen LogP contribution in [0.25, 0.3) is 5.69 Å². The number of fused-ring (bicyclic) bond motifs is 2. The van der Waals surface area contributed by atoms with Gasteiger partial charge in [-0.3, -0.25) is 4.79 Å². The summed E-state index contributed by atoms with van der Waals surface area (Å²) < 4.78 is 22.3. The number of hydrogen-bond donors (Lipinski definition) is 0. The molecule has 3 aromatic rings. The van der Waals surface area contributed by atoms with Gasteiger partial charge in [0.15, 0.2) is 5.60 Å². The van der Waals surface area contributed by atoms with Crippen molar-refractivity contribution in [3.63, 3.8) is 0 Å². The molecule has 3 aliphatic rings. The van der Waals surface area contributed by atoms with E-state index in [0.717, 1.165) is 5.56 Å². The molecule has 8 heteroatoms. The summed E-state index contributed by atoms with van der Waals surface area (Å²) in [6.45, 7) is 0.774. The predicted octanol–water partition coefficient (Wildman–Crippen LogP) is 2.74. The van der Waals surface area contributed by atoms with Crippen molar-refractivity contribution in [2.75, 3.05) is 13.1 Å². The fourth-order valence-electron chi connectivity index (χ4n) is 5.01. The van der Waals surface area contributed by atoms with Gasteiger partial charge in [0.05, 0.1) is 35.6 Å². The van der Waals surface area contributed by atoms with Crippen molar-refractivity contribution in [3.05, 3.63) is 77.4 Å². The van der Waals surface area contributed by atoms with Crippen molar-refractivity contribution in [3.8, 4) is 5.69 Å². The average Bonchev–Trinajstić information content (AvgIpc) is 3.13. The molecule has 1 unspecified atom stereocenters. The molecule has 1 spiro atoms. The summed E-state index contributed by atoms with van der Waals surface area (Å²) in [6, 6.07) is 12.1. The summed E-state index contributed by atoms with van der Waals surface area (Å²) >= 11 is 0. The van der Waals surface area contributed by atoms with Crippen LogP contribution in [0.15, 0.2) is 54.9 Å². The van der Waals surface area contributed by atoms with E-state index < -0.39 is 16.8 Å². The quantitative estimate of drug-likeness (QED) is 0.612. The Bertz CT molecular complexity index is 1220. The molecule has 31 heavy (non-hydrogen) atoms. The van der Waals surface area contributed by atoms with Gasteiger partial charge in [0.2, 0.25) is 5.91 Å². The third-order valence-electron chi connectivity index (χ3n) is 6.76. The van der Waals surface area contributed by atoms with Gasteiger partial charge in [-0.15, -0.1) is 5.10 Å². The molecule has 1 atom stereocenters. The first-order valence-corrected chi connectivity index (χ1v) is 10.3. The Hall–Kier alpha value is -3.55. The first-order chi connectivity index (χ1) is 15.0. The molecular weight excluding hydrogens is 399 g/mol. The fourth-order valence-corrected chi connectivity index (χ4v) is 5.01. The molecule has 1 aromatic heterocycles. The topological polar surface area (TPSA) is 77.3 Å². The molecule has 1 amide bonds. The summed E-state index contributed by atoms with van der Waals surface area (Å²) in [4.78, 5) is 27.6. The van der Waals surface area contributed by atoms with Crippen molar-refractivity contribution in [1.29, 1.82) is 0 Å². The normalized spacial score (nSPS) is 23.1. The largest absolute Gasteiger partial charge is 0.449 e. The maximum atomic E-state index is 15.1. The molecule has 1 saturated carbocycles. The fraction of sp³-hybridized carbons (Fsp3) is 0.304. The third-order valence-corrected chi connectivity index (χ3v) is 6.76. The maximum absolute atomic E-state index is 15.1. The minimum atomic E-state index is -0.849. The minimum Gasteiger partial charge on any atom is -0.449 e. The number of benzene rings is 2. The first kappa shape index (κ1) is 18.2. The lowest BCUT2D eigenvalue weighted by atomic mass is 9.91. The Morgan fingerprint density at radius 3 is 2.68 bits per heavy atom. The van der Waals surface area contributed by atoms with E-state index in [0.29, 0.717) is 49.2 Å². The molecule has 2 fully saturated rings. The van der Waals surface area contributed by atoms with Crippen LogP contribution in [0.1, 0.15) is 40.7 Å². The number of halogens is 1. The molecule has 2 aromatic carbocycles. The van der Waals surface area contributed by atoms with Gasteiger partial charge < -0.3 is 9.64 Å². The van der Waals surface area contributed by atoms with Gasteiger partial charge in [-0.1, -0.05) is 29.5 Å². The summed E-state index contributed by atoms with van der Waals surface area (Å²) in [5.41, 5.74) is 0.715. The highest BCUT2D eigenvalue weighted by atomic mass is 19.1. The van der Waals surface area contributed by atoms with Crippen LogP contribution in [0.2, 0.25) is 0 Å². The number of ether oxygens (including phenoxy) is 1.